The molecule has 2 aromatic carbocycles. The zero-order valence-electron chi connectivity index (χ0n) is 21.4. The average Bonchev–Trinajstić information content (AvgIpc) is 3.15. The van der Waals surface area contributed by atoms with Gasteiger partial charge in [0.05, 0.1) is 23.9 Å². The summed E-state index contributed by atoms with van der Waals surface area (Å²) in [5.41, 5.74) is 4.54. The summed E-state index contributed by atoms with van der Waals surface area (Å²) in [6.07, 6.45) is 0.445. The molecule has 0 spiro atoms. The van der Waals surface area contributed by atoms with Crippen LogP contribution in [0.5, 0.6) is 0 Å². The molecule has 0 aliphatic carbocycles. The van der Waals surface area contributed by atoms with Gasteiger partial charge in [-0.2, -0.15) is 0 Å². The summed E-state index contributed by atoms with van der Waals surface area (Å²) >= 11 is 0. The van der Waals surface area contributed by atoms with Crippen molar-refractivity contribution in [3.8, 4) is 0 Å². The molecule has 8 heteroatoms. The van der Waals surface area contributed by atoms with E-state index in [4.69, 9.17) is 0 Å². The van der Waals surface area contributed by atoms with E-state index < -0.39 is 17.9 Å². The number of likely N-dealkylation sites (N-methyl/N-ethyl adjacent to an activating group) is 1. The van der Waals surface area contributed by atoms with Crippen LogP contribution in [0.1, 0.15) is 49.9 Å². The standard InChI is InChI=1S/C28H33FN4O3/c1-6-32-23-15-33(22(13-16(2)3)26(34)30-20-10-8-19(29)9-11-20)27(35)24(23)25(31-28(32)36)21-12-7-17(4)14-18(21)5/h7-12,14,16,22,25H,6,13,15H2,1-5H3,(H,30,34)(H,31,36)/t22-,25-/m1/s1. The van der Waals surface area contributed by atoms with E-state index in [-0.39, 0.29) is 30.3 Å². The molecule has 0 fully saturated rings. The predicted molar refractivity (Wildman–Crippen MR) is 137 cm³/mol. The highest BCUT2D eigenvalue weighted by atomic mass is 19.1. The van der Waals surface area contributed by atoms with Gasteiger partial charge < -0.3 is 15.5 Å². The number of hydrogen-bond donors (Lipinski definition) is 2. The second-order valence-corrected chi connectivity index (χ2v) is 9.92. The number of carbonyl (C=O) groups is 3. The zero-order chi connectivity index (χ0) is 26.1. The maximum atomic E-state index is 14.0. The van der Waals surface area contributed by atoms with Crippen molar-refractivity contribution in [3.05, 3.63) is 76.2 Å². The lowest BCUT2D eigenvalue weighted by molar-refractivity contribution is -0.134. The number of hydrogen-bond acceptors (Lipinski definition) is 3. The molecule has 2 aliphatic rings. The minimum Gasteiger partial charge on any atom is -0.326 e. The molecule has 2 N–H and O–H groups in total. The van der Waals surface area contributed by atoms with E-state index in [1.165, 1.54) is 24.3 Å². The Hall–Kier alpha value is -3.68. The molecule has 36 heavy (non-hydrogen) atoms. The first-order valence-electron chi connectivity index (χ1n) is 12.4. The molecule has 2 aliphatic heterocycles. The maximum Gasteiger partial charge on any atom is 0.322 e. The highest BCUT2D eigenvalue weighted by molar-refractivity contribution is 6.05. The second kappa shape index (κ2) is 10.1. The third kappa shape index (κ3) is 4.85. The number of nitrogens with one attached hydrogen (secondary N) is 2. The molecule has 2 heterocycles. The minimum absolute atomic E-state index is 0.136. The average molecular weight is 493 g/mol. The molecule has 4 amide bonds. The Morgan fingerprint density at radius 3 is 2.44 bits per heavy atom. The number of aryl methyl sites for hydroxylation is 2. The Morgan fingerprint density at radius 1 is 1.14 bits per heavy atom. The Balaban J connectivity index is 1.70. The predicted octanol–water partition coefficient (Wildman–Crippen LogP) is 4.68. The van der Waals surface area contributed by atoms with E-state index >= 15 is 0 Å². The van der Waals surface area contributed by atoms with Crippen LogP contribution in [-0.2, 0) is 9.59 Å². The maximum absolute atomic E-state index is 14.0. The zero-order valence-corrected chi connectivity index (χ0v) is 21.4. The van der Waals surface area contributed by atoms with Crippen LogP contribution in [0, 0.1) is 25.6 Å². The van der Waals surface area contributed by atoms with Gasteiger partial charge in [-0.05, 0) is 68.5 Å². The van der Waals surface area contributed by atoms with Gasteiger partial charge in [-0.3, -0.25) is 14.5 Å². The summed E-state index contributed by atoms with van der Waals surface area (Å²) in [5.74, 6) is -0.855. The molecule has 0 radical (unpaired) electrons. The first-order valence-corrected chi connectivity index (χ1v) is 12.4. The summed E-state index contributed by atoms with van der Waals surface area (Å²) in [6.45, 7) is 10.4. The topological polar surface area (TPSA) is 81.8 Å². The number of anilines is 1. The van der Waals surface area contributed by atoms with Crippen LogP contribution in [0.4, 0.5) is 14.9 Å². The van der Waals surface area contributed by atoms with Crippen molar-refractivity contribution < 1.29 is 18.8 Å². The Bertz CT molecular complexity index is 1220. The minimum atomic E-state index is -0.748. The van der Waals surface area contributed by atoms with Crippen molar-refractivity contribution in [1.29, 1.82) is 0 Å². The van der Waals surface area contributed by atoms with Gasteiger partial charge in [-0.1, -0.05) is 37.6 Å². The van der Waals surface area contributed by atoms with E-state index in [1.54, 1.807) is 9.80 Å². The molecule has 0 unspecified atom stereocenters. The fraction of sp³-hybridized carbons (Fsp3) is 0.393. The van der Waals surface area contributed by atoms with Crippen molar-refractivity contribution in [3.63, 3.8) is 0 Å². The van der Waals surface area contributed by atoms with Gasteiger partial charge in [0, 0.05) is 12.2 Å². The van der Waals surface area contributed by atoms with Gasteiger partial charge in [0.1, 0.15) is 11.9 Å². The van der Waals surface area contributed by atoms with Crippen molar-refractivity contribution in [1.82, 2.24) is 15.1 Å². The Kier molecular flexibility index (Phi) is 7.15. The number of urea groups is 1. The van der Waals surface area contributed by atoms with Crippen molar-refractivity contribution >= 4 is 23.5 Å². The molecule has 190 valence electrons. The molecule has 0 saturated carbocycles. The summed E-state index contributed by atoms with van der Waals surface area (Å²) in [5, 5.41) is 5.85. The Morgan fingerprint density at radius 2 is 1.83 bits per heavy atom. The summed E-state index contributed by atoms with van der Waals surface area (Å²) in [7, 11) is 0. The van der Waals surface area contributed by atoms with E-state index in [0.717, 1.165) is 16.7 Å². The molecule has 2 atom stereocenters. The fourth-order valence-electron chi connectivity index (χ4n) is 5.06. The van der Waals surface area contributed by atoms with Crippen molar-refractivity contribution in [2.45, 2.75) is 53.1 Å². The highest BCUT2D eigenvalue weighted by Crippen LogP contribution is 2.38. The van der Waals surface area contributed by atoms with Crippen LogP contribution in [0.15, 0.2) is 53.7 Å². The van der Waals surface area contributed by atoms with E-state index in [9.17, 15) is 18.8 Å². The van der Waals surface area contributed by atoms with E-state index in [2.05, 4.69) is 10.6 Å². The number of nitrogens with zero attached hydrogens (tertiary/aromatic N) is 2. The third-order valence-corrected chi connectivity index (χ3v) is 6.79. The molecule has 0 bridgehead atoms. The van der Waals surface area contributed by atoms with E-state index in [1.807, 2.05) is 52.8 Å². The SMILES string of the molecule is CCN1C(=O)N[C@H](c2ccc(C)cc2C)C2=C1CN([C@H](CC(C)C)C(=O)Nc1ccc(F)cc1)C2=O. The van der Waals surface area contributed by atoms with Gasteiger partial charge in [-0.15, -0.1) is 0 Å². The summed E-state index contributed by atoms with van der Waals surface area (Å²) in [6, 6.07) is 9.89. The smallest absolute Gasteiger partial charge is 0.322 e. The second-order valence-electron chi connectivity index (χ2n) is 9.92. The molecule has 0 saturated heterocycles. The quantitative estimate of drug-likeness (QED) is 0.589. The number of rotatable bonds is 7. The first kappa shape index (κ1) is 25.4. The van der Waals surface area contributed by atoms with Crippen LogP contribution < -0.4 is 10.6 Å². The highest BCUT2D eigenvalue weighted by Gasteiger charge is 2.47. The summed E-state index contributed by atoms with van der Waals surface area (Å²) < 4.78 is 13.3. The van der Waals surface area contributed by atoms with Crippen molar-refractivity contribution in [2.75, 3.05) is 18.4 Å². The van der Waals surface area contributed by atoms with Crippen LogP contribution in [0.25, 0.3) is 0 Å². The monoisotopic (exact) mass is 492 g/mol. The van der Waals surface area contributed by atoms with Gasteiger partial charge >= 0.3 is 6.03 Å². The molecular formula is C28H33FN4O3. The molecule has 0 aromatic heterocycles. The lowest BCUT2D eigenvalue weighted by Gasteiger charge is -2.33. The Labute approximate surface area is 211 Å². The molecule has 4 rings (SSSR count). The van der Waals surface area contributed by atoms with Crippen LogP contribution in [-0.4, -0.2) is 46.8 Å². The lowest BCUT2D eigenvalue weighted by Crippen LogP contribution is -2.47. The number of carbonyl (C=O) groups excluding carboxylic acids is 3. The fourth-order valence-corrected chi connectivity index (χ4v) is 5.06. The number of benzene rings is 2. The van der Waals surface area contributed by atoms with Gasteiger partial charge in [0.15, 0.2) is 0 Å². The molecular weight excluding hydrogens is 459 g/mol. The van der Waals surface area contributed by atoms with Gasteiger partial charge in [-0.25, -0.2) is 9.18 Å². The van der Waals surface area contributed by atoms with Crippen LogP contribution in [0.2, 0.25) is 0 Å². The van der Waals surface area contributed by atoms with Gasteiger partial charge in [0.2, 0.25) is 5.91 Å². The lowest BCUT2D eigenvalue weighted by atomic mass is 9.91. The number of halogens is 1. The molecule has 7 nitrogen and oxygen atoms in total. The number of amides is 4. The largest absolute Gasteiger partial charge is 0.326 e. The first-order chi connectivity index (χ1) is 17.1. The van der Waals surface area contributed by atoms with Crippen LogP contribution in [0.3, 0.4) is 0 Å². The molecule has 2 aromatic rings. The normalized spacial score (nSPS) is 18.5. The van der Waals surface area contributed by atoms with Crippen molar-refractivity contribution in [2.24, 2.45) is 5.92 Å². The van der Waals surface area contributed by atoms with Crippen LogP contribution >= 0.6 is 0 Å². The summed E-state index contributed by atoms with van der Waals surface area (Å²) in [4.78, 5) is 43.6. The van der Waals surface area contributed by atoms with Gasteiger partial charge in [0.25, 0.3) is 5.91 Å². The van der Waals surface area contributed by atoms with E-state index in [0.29, 0.717) is 29.9 Å². The third-order valence-electron chi connectivity index (χ3n) is 6.79.